The summed E-state index contributed by atoms with van der Waals surface area (Å²) in [4.78, 5) is -0.365. The molecule has 0 heterocycles. The number of hydrogen-bond donors (Lipinski definition) is 1. The number of nitrogens with one attached hydrogen (secondary N) is 1. The van der Waals surface area contributed by atoms with E-state index in [1.807, 2.05) is 0 Å². The third-order valence-corrected chi connectivity index (χ3v) is 5.70. The Hall–Kier alpha value is -0.600. The molecule has 0 spiro atoms. The van der Waals surface area contributed by atoms with Gasteiger partial charge in [0.05, 0.1) is 10.5 Å². The van der Waals surface area contributed by atoms with E-state index >= 15 is 0 Å². The van der Waals surface area contributed by atoms with E-state index in [1.54, 1.807) is 0 Å². The largest absolute Gasteiger partial charge is 0.417 e. The van der Waals surface area contributed by atoms with Crippen molar-refractivity contribution in [1.29, 1.82) is 0 Å². The molecule has 3 nitrogen and oxygen atoms in total. The monoisotopic (exact) mass is 385 g/mol. The summed E-state index contributed by atoms with van der Waals surface area (Å²) in [6.07, 6.45) is -0.547. The highest BCUT2D eigenvalue weighted by atomic mass is 79.9. The Morgan fingerprint density at radius 1 is 1.24 bits per heavy atom. The molecule has 1 fully saturated rings. The SMILES string of the molecule is O=S(=O)(NCC1CCCC1)c1ccc(Br)c(C(F)(F)F)c1. The number of hydrogen-bond acceptors (Lipinski definition) is 2. The molecular weight excluding hydrogens is 371 g/mol. The molecule has 0 aromatic heterocycles. The lowest BCUT2D eigenvalue weighted by Crippen LogP contribution is -2.28. The summed E-state index contributed by atoms with van der Waals surface area (Å²) in [6.45, 7) is 0.278. The number of rotatable bonds is 4. The Morgan fingerprint density at radius 2 is 1.86 bits per heavy atom. The summed E-state index contributed by atoms with van der Waals surface area (Å²) in [5, 5.41) is 0. The Bertz CT molecular complexity index is 610. The van der Waals surface area contributed by atoms with Gasteiger partial charge in [0.2, 0.25) is 10.0 Å². The molecule has 1 N–H and O–H groups in total. The average molecular weight is 386 g/mol. The fourth-order valence-electron chi connectivity index (χ4n) is 2.41. The second-order valence-corrected chi connectivity index (χ2v) is 7.76. The second-order valence-electron chi connectivity index (χ2n) is 5.14. The molecule has 0 saturated heterocycles. The first-order chi connectivity index (χ1) is 9.70. The highest BCUT2D eigenvalue weighted by molar-refractivity contribution is 9.10. The Morgan fingerprint density at radius 3 is 2.43 bits per heavy atom. The summed E-state index contributed by atoms with van der Waals surface area (Å²) >= 11 is 2.79. The minimum absolute atomic E-state index is 0.176. The van der Waals surface area contributed by atoms with E-state index < -0.39 is 21.8 Å². The van der Waals surface area contributed by atoms with E-state index in [-0.39, 0.29) is 21.8 Å². The molecule has 0 amide bonds. The summed E-state index contributed by atoms with van der Waals surface area (Å²) in [5.74, 6) is 0.275. The fourth-order valence-corrected chi connectivity index (χ4v) is 4.03. The van der Waals surface area contributed by atoms with Gasteiger partial charge in [-0.2, -0.15) is 13.2 Å². The van der Waals surface area contributed by atoms with Gasteiger partial charge in [-0.3, -0.25) is 0 Å². The van der Waals surface area contributed by atoms with Crippen molar-refractivity contribution in [2.75, 3.05) is 6.54 Å². The lowest BCUT2D eigenvalue weighted by Gasteiger charge is -2.14. The summed E-state index contributed by atoms with van der Waals surface area (Å²) in [6, 6.07) is 2.92. The molecule has 0 unspecified atom stereocenters. The van der Waals surface area contributed by atoms with Gasteiger partial charge in [0.1, 0.15) is 0 Å². The molecule has 118 valence electrons. The molecule has 0 atom stereocenters. The van der Waals surface area contributed by atoms with Crippen LogP contribution in [0.3, 0.4) is 0 Å². The van der Waals surface area contributed by atoms with Crippen LogP contribution in [0.25, 0.3) is 0 Å². The minimum atomic E-state index is -4.60. The molecule has 1 aliphatic rings. The number of benzene rings is 1. The fraction of sp³-hybridized carbons (Fsp3) is 0.538. The van der Waals surface area contributed by atoms with Crippen LogP contribution in [0, 0.1) is 5.92 Å². The molecule has 0 radical (unpaired) electrons. The molecule has 1 aromatic rings. The van der Waals surface area contributed by atoms with E-state index in [0.717, 1.165) is 37.8 Å². The van der Waals surface area contributed by atoms with Crippen molar-refractivity contribution < 1.29 is 21.6 Å². The maximum atomic E-state index is 12.8. The highest BCUT2D eigenvalue weighted by Crippen LogP contribution is 2.36. The van der Waals surface area contributed by atoms with Gasteiger partial charge in [-0.15, -0.1) is 0 Å². The lowest BCUT2D eigenvalue weighted by molar-refractivity contribution is -0.138. The number of sulfonamides is 1. The smallest absolute Gasteiger partial charge is 0.211 e. The van der Waals surface area contributed by atoms with E-state index in [0.29, 0.717) is 6.07 Å². The van der Waals surface area contributed by atoms with E-state index in [1.165, 1.54) is 0 Å². The molecule has 0 aliphatic heterocycles. The Balaban J connectivity index is 2.19. The molecule has 2 rings (SSSR count). The summed E-state index contributed by atoms with van der Waals surface area (Å²) in [5.41, 5.74) is -0.994. The highest BCUT2D eigenvalue weighted by Gasteiger charge is 2.34. The van der Waals surface area contributed by atoms with Crippen LogP contribution >= 0.6 is 15.9 Å². The first-order valence-corrected chi connectivity index (χ1v) is 8.84. The minimum Gasteiger partial charge on any atom is -0.211 e. The van der Waals surface area contributed by atoms with Crippen molar-refractivity contribution >= 4 is 26.0 Å². The predicted molar refractivity (Wildman–Crippen MR) is 76.3 cm³/mol. The second kappa shape index (κ2) is 6.26. The number of halogens is 4. The topological polar surface area (TPSA) is 46.2 Å². The van der Waals surface area contributed by atoms with Crippen LogP contribution in [-0.2, 0) is 16.2 Å². The van der Waals surface area contributed by atoms with Gasteiger partial charge >= 0.3 is 6.18 Å². The van der Waals surface area contributed by atoms with Gasteiger partial charge in [-0.1, -0.05) is 28.8 Å². The van der Waals surface area contributed by atoms with Gasteiger partial charge < -0.3 is 0 Å². The zero-order valence-corrected chi connectivity index (χ0v) is 13.5. The first-order valence-electron chi connectivity index (χ1n) is 6.56. The third-order valence-electron chi connectivity index (χ3n) is 3.59. The number of alkyl halides is 3. The maximum absolute atomic E-state index is 12.8. The Labute approximate surface area is 130 Å². The molecule has 21 heavy (non-hydrogen) atoms. The van der Waals surface area contributed by atoms with Gasteiger partial charge in [-0.25, -0.2) is 13.1 Å². The van der Waals surface area contributed by atoms with Crippen molar-refractivity contribution in [2.24, 2.45) is 5.92 Å². The van der Waals surface area contributed by atoms with E-state index in [9.17, 15) is 21.6 Å². The first kappa shape index (κ1) is 16.8. The van der Waals surface area contributed by atoms with Crippen LogP contribution in [0.15, 0.2) is 27.6 Å². The van der Waals surface area contributed by atoms with Crippen LogP contribution in [0.2, 0.25) is 0 Å². The van der Waals surface area contributed by atoms with Crippen LogP contribution < -0.4 is 4.72 Å². The van der Waals surface area contributed by atoms with Gasteiger partial charge in [0.25, 0.3) is 0 Å². The normalized spacial score (nSPS) is 17.3. The summed E-state index contributed by atoms with van der Waals surface area (Å²) < 4.78 is 64.8. The van der Waals surface area contributed by atoms with Crippen molar-refractivity contribution in [3.8, 4) is 0 Å². The van der Waals surface area contributed by atoms with Crippen molar-refractivity contribution in [1.82, 2.24) is 4.72 Å². The molecule has 8 heteroatoms. The quantitative estimate of drug-likeness (QED) is 0.852. The zero-order chi connectivity index (χ0) is 15.7. The van der Waals surface area contributed by atoms with Gasteiger partial charge in [0, 0.05) is 11.0 Å². The Kier molecular flexibility index (Phi) is 4.99. The van der Waals surface area contributed by atoms with Crippen LogP contribution in [-0.4, -0.2) is 15.0 Å². The standard InChI is InChI=1S/C13H15BrF3NO2S/c14-12-6-5-10(7-11(12)13(15,16)17)21(19,20)18-8-9-3-1-2-4-9/h5-7,9,18H,1-4,8H2. The van der Waals surface area contributed by atoms with Crippen LogP contribution in [0.1, 0.15) is 31.2 Å². The van der Waals surface area contributed by atoms with Crippen LogP contribution in [0.5, 0.6) is 0 Å². The van der Waals surface area contributed by atoms with E-state index in [4.69, 9.17) is 0 Å². The van der Waals surface area contributed by atoms with Crippen molar-refractivity contribution in [2.45, 2.75) is 36.8 Å². The van der Waals surface area contributed by atoms with Gasteiger partial charge in [-0.05, 0) is 37.0 Å². The predicted octanol–water partition coefficient (Wildman–Crippen LogP) is 3.94. The zero-order valence-electron chi connectivity index (χ0n) is 11.1. The molecule has 0 bridgehead atoms. The average Bonchev–Trinajstić information content (AvgIpc) is 2.88. The van der Waals surface area contributed by atoms with Crippen molar-refractivity contribution in [3.05, 3.63) is 28.2 Å². The van der Waals surface area contributed by atoms with E-state index in [2.05, 4.69) is 20.7 Å². The molecule has 1 aliphatic carbocycles. The molecule has 1 saturated carbocycles. The molecule has 1 aromatic carbocycles. The molecular formula is C13H15BrF3NO2S. The maximum Gasteiger partial charge on any atom is 0.417 e. The van der Waals surface area contributed by atoms with Gasteiger partial charge in [0.15, 0.2) is 0 Å². The summed E-state index contributed by atoms with van der Waals surface area (Å²) in [7, 11) is -3.92. The van der Waals surface area contributed by atoms with Crippen molar-refractivity contribution in [3.63, 3.8) is 0 Å². The van der Waals surface area contributed by atoms with Crippen LogP contribution in [0.4, 0.5) is 13.2 Å². The lowest BCUT2D eigenvalue weighted by atomic mass is 10.1. The third kappa shape index (κ3) is 4.20.